The summed E-state index contributed by atoms with van der Waals surface area (Å²) in [5.74, 6) is 1.42. The van der Waals surface area contributed by atoms with Crippen LogP contribution >= 0.6 is 0 Å². The molecule has 2 aromatic rings. The second-order valence-electron chi connectivity index (χ2n) is 5.28. The summed E-state index contributed by atoms with van der Waals surface area (Å²) in [6, 6.07) is 4.17. The first-order valence-corrected chi connectivity index (χ1v) is 7.38. The fourth-order valence-corrected chi connectivity index (χ4v) is 2.10. The fraction of sp³-hybridized carbons (Fsp3) is 0.412. The van der Waals surface area contributed by atoms with Gasteiger partial charge in [-0.05, 0) is 50.4 Å². The van der Waals surface area contributed by atoms with Gasteiger partial charge in [-0.25, -0.2) is 4.98 Å². The van der Waals surface area contributed by atoms with Gasteiger partial charge >= 0.3 is 0 Å². The Morgan fingerprint density at radius 2 is 1.86 bits per heavy atom. The van der Waals surface area contributed by atoms with E-state index in [1.165, 1.54) is 5.56 Å². The van der Waals surface area contributed by atoms with E-state index in [4.69, 9.17) is 4.74 Å². The normalized spacial score (nSPS) is 10.7. The molecule has 0 fully saturated rings. The highest BCUT2D eigenvalue weighted by atomic mass is 16.5. The quantitative estimate of drug-likeness (QED) is 0.822. The van der Waals surface area contributed by atoms with Gasteiger partial charge in [-0.3, -0.25) is 4.98 Å². The van der Waals surface area contributed by atoms with Crippen LogP contribution in [0.25, 0.3) is 0 Å². The van der Waals surface area contributed by atoms with E-state index in [9.17, 15) is 0 Å². The molecule has 1 aromatic heterocycles. The molecule has 2 rings (SSSR count). The van der Waals surface area contributed by atoms with Gasteiger partial charge in [0.2, 0.25) is 5.88 Å². The SMILES string of the molecule is CCCNCc1cncc(Oc2c(C)ccc(C)c2C)n1. The molecule has 4 heteroatoms. The molecule has 0 aliphatic heterocycles. The van der Waals surface area contributed by atoms with Crippen LogP contribution in [-0.2, 0) is 6.54 Å². The molecular formula is C17H23N3O. The molecule has 0 saturated carbocycles. The molecule has 0 radical (unpaired) electrons. The number of nitrogens with zero attached hydrogens (tertiary/aromatic N) is 2. The van der Waals surface area contributed by atoms with Gasteiger partial charge in [-0.15, -0.1) is 0 Å². The average molecular weight is 285 g/mol. The lowest BCUT2D eigenvalue weighted by molar-refractivity contribution is 0.449. The van der Waals surface area contributed by atoms with Gasteiger partial charge in [0.15, 0.2) is 0 Å². The maximum absolute atomic E-state index is 5.97. The summed E-state index contributed by atoms with van der Waals surface area (Å²) < 4.78 is 5.97. The first kappa shape index (κ1) is 15.4. The van der Waals surface area contributed by atoms with Crippen LogP contribution in [0.5, 0.6) is 11.6 Å². The minimum Gasteiger partial charge on any atom is -0.437 e. The number of hydrogen-bond acceptors (Lipinski definition) is 4. The second kappa shape index (κ2) is 7.18. The van der Waals surface area contributed by atoms with Crippen LogP contribution < -0.4 is 10.1 Å². The zero-order valence-corrected chi connectivity index (χ0v) is 13.2. The van der Waals surface area contributed by atoms with E-state index in [2.05, 4.69) is 48.2 Å². The molecule has 0 aliphatic carbocycles. The van der Waals surface area contributed by atoms with Gasteiger partial charge in [-0.2, -0.15) is 0 Å². The van der Waals surface area contributed by atoms with Crippen molar-refractivity contribution in [2.45, 2.75) is 40.7 Å². The van der Waals surface area contributed by atoms with Crippen molar-refractivity contribution in [3.8, 4) is 11.6 Å². The second-order valence-corrected chi connectivity index (χ2v) is 5.28. The van der Waals surface area contributed by atoms with Gasteiger partial charge in [-0.1, -0.05) is 19.1 Å². The summed E-state index contributed by atoms with van der Waals surface area (Å²) in [4.78, 5) is 8.72. The van der Waals surface area contributed by atoms with Crippen molar-refractivity contribution in [3.05, 3.63) is 46.9 Å². The number of aromatic nitrogens is 2. The van der Waals surface area contributed by atoms with Crippen molar-refractivity contribution >= 4 is 0 Å². The van der Waals surface area contributed by atoms with E-state index in [0.717, 1.165) is 35.5 Å². The standard InChI is InChI=1S/C17H23N3O/c1-5-8-18-9-15-10-19-11-16(20-15)21-17-13(3)7-6-12(2)14(17)4/h6-7,10-11,18H,5,8-9H2,1-4H3. The zero-order chi connectivity index (χ0) is 15.2. The molecule has 0 spiro atoms. The van der Waals surface area contributed by atoms with E-state index in [1.807, 2.05) is 6.92 Å². The monoisotopic (exact) mass is 285 g/mol. The number of rotatable bonds is 6. The van der Waals surface area contributed by atoms with Crippen LogP contribution in [0.3, 0.4) is 0 Å². The molecule has 0 bridgehead atoms. The Kier molecular flexibility index (Phi) is 5.28. The maximum Gasteiger partial charge on any atom is 0.238 e. The van der Waals surface area contributed by atoms with Crippen LogP contribution in [0.15, 0.2) is 24.5 Å². The summed E-state index contributed by atoms with van der Waals surface area (Å²) in [6.45, 7) is 10.0. The van der Waals surface area contributed by atoms with Crippen LogP contribution in [0, 0.1) is 20.8 Å². The molecule has 0 aliphatic rings. The first-order valence-electron chi connectivity index (χ1n) is 7.38. The summed E-state index contributed by atoms with van der Waals surface area (Å²) in [5.41, 5.74) is 4.36. The average Bonchev–Trinajstić information content (AvgIpc) is 2.48. The molecule has 1 aromatic carbocycles. The predicted octanol–water partition coefficient (Wildman–Crippen LogP) is 3.69. The van der Waals surface area contributed by atoms with Gasteiger partial charge in [0.25, 0.3) is 0 Å². The van der Waals surface area contributed by atoms with Crippen molar-refractivity contribution in [1.29, 1.82) is 0 Å². The number of benzene rings is 1. The molecule has 0 atom stereocenters. The number of nitrogens with one attached hydrogen (secondary N) is 1. The van der Waals surface area contributed by atoms with Crippen molar-refractivity contribution in [2.75, 3.05) is 6.54 Å². The Balaban J connectivity index is 2.17. The van der Waals surface area contributed by atoms with Crippen LogP contribution in [0.4, 0.5) is 0 Å². The molecule has 0 unspecified atom stereocenters. The third kappa shape index (κ3) is 4.02. The minimum absolute atomic E-state index is 0.544. The molecule has 4 nitrogen and oxygen atoms in total. The van der Waals surface area contributed by atoms with Crippen molar-refractivity contribution in [3.63, 3.8) is 0 Å². The Bertz CT molecular complexity index is 611. The number of ether oxygens (including phenoxy) is 1. The highest BCUT2D eigenvalue weighted by Gasteiger charge is 2.09. The molecule has 0 amide bonds. The molecule has 1 N–H and O–H groups in total. The Morgan fingerprint density at radius 3 is 2.62 bits per heavy atom. The van der Waals surface area contributed by atoms with Crippen LogP contribution in [-0.4, -0.2) is 16.5 Å². The lowest BCUT2D eigenvalue weighted by Gasteiger charge is -2.13. The molecule has 0 saturated heterocycles. The fourth-order valence-electron chi connectivity index (χ4n) is 2.10. The maximum atomic E-state index is 5.97. The summed E-state index contributed by atoms with van der Waals surface area (Å²) in [5, 5.41) is 3.32. The van der Waals surface area contributed by atoms with E-state index < -0.39 is 0 Å². The van der Waals surface area contributed by atoms with Gasteiger partial charge in [0.05, 0.1) is 11.9 Å². The predicted molar refractivity (Wildman–Crippen MR) is 84.8 cm³/mol. The molecule has 21 heavy (non-hydrogen) atoms. The van der Waals surface area contributed by atoms with E-state index in [1.54, 1.807) is 12.4 Å². The van der Waals surface area contributed by atoms with Crippen LogP contribution in [0.2, 0.25) is 0 Å². The van der Waals surface area contributed by atoms with E-state index in [-0.39, 0.29) is 0 Å². The largest absolute Gasteiger partial charge is 0.437 e. The third-order valence-corrected chi connectivity index (χ3v) is 3.48. The van der Waals surface area contributed by atoms with E-state index >= 15 is 0 Å². The highest BCUT2D eigenvalue weighted by molar-refractivity contribution is 5.46. The summed E-state index contributed by atoms with van der Waals surface area (Å²) >= 11 is 0. The Labute approximate surface area is 126 Å². The lowest BCUT2D eigenvalue weighted by Crippen LogP contribution is -2.15. The summed E-state index contributed by atoms with van der Waals surface area (Å²) in [7, 11) is 0. The van der Waals surface area contributed by atoms with Crippen molar-refractivity contribution in [1.82, 2.24) is 15.3 Å². The summed E-state index contributed by atoms with van der Waals surface area (Å²) in [6.07, 6.45) is 4.53. The van der Waals surface area contributed by atoms with Gasteiger partial charge < -0.3 is 10.1 Å². The number of aryl methyl sites for hydroxylation is 2. The van der Waals surface area contributed by atoms with Crippen molar-refractivity contribution in [2.24, 2.45) is 0 Å². The first-order chi connectivity index (χ1) is 10.1. The number of hydrogen-bond donors (Lipinski definition) is 1. The zero-order valence-electron chi connectivity index (χ0n) is 13.2. The molecular weight excluding hydrogens is 262 g/mol. The van der Waals surface area contributed by atoms with Gasteiger partial charge in [0, 0.05) is 12.7 Å². The highest BCUT2D eigenvalue weighted by Crippen LogP contribution is 2.29. The lowest BCUT2D eigenvalue weighted by atomic mass is 10.1. The smallest absolute Gasteiger partial charge is 0.238 e. The van der Waals surface area contributed by atoms with Gasteiger partial charge in [0.1, 0.15) is 5.75 Å². The third-order valence-electron chi connectivity index (χ3n) is 3.48. The molecule has 1 heterocycles. The van der Waals surface area contributed by atoms with Crippen molar-refractivity contribution < 1.29 is 4.74 Å². The van der Waals surface area contributed by atoms with E-state index in [0.29, 0.717) is 12.4 Å². The minimum atomic E-state index is 0.544. The Hall–Kier alpha value is -1.94. The Morgan fingerprint density at radius 1 is 1.10 bits per heavy atom. The topological polar surface area (TPSA) is 47.0 Å². The van der Waals surface area contributed by atoms with Crippen LogP contribution in [0.1, 0.15) is 35.7 Å². The molecule has 112 valence electrons.